The molecule has 8 heteroatoms. The molecule has 5 heterocycles. The molecule has 0 aliphatic carbocycles. The van der Waals surface area contributed by atoms with Crippen molar-refractivity contribution in [2.45, 2.75) is 104 Å². The van der Waals surface area contributed by atoms with E-state index in [4.69, 9.17) is 14.7 Å². The molecule has 5 aromatic carbocycles. The van der Waals surface area contributed by atoms with Gasteiger partial charge in [-0.25, -0.2) is 9.97 Å². The van der Waals surface area contributed by atoms with Crippen molar-refractivity contribution in [2.24, 2.45) is 0 Å². The van der Waals surface area contributed by atoms with E-state index >= 15 is 0 Å². The van der Waals surface area contributed by atoms with Crippen LogP contribution in [0.25, 0.3) is 38.7 Å². The van der Waals surface area contributed by atoms with Crippen LogP contribution >= 0.6 is 0 Å². The molecule has 3 aromatic heterocycles. The van der Waals surface area contributed by atoms with E-state index in [9.17, 15) is 0 Å². The molecule has 2 aliphatic rings. The molecule has 0 saturated carbocycles. The quantitative estimate of drug-likeness (QED) is 0.161. The maximum Gasteiger partial charge on any atom is 0.135 e. The summed E-state index contributed by atoms with van der Waals surface area (Å²) in [7, 11) is 0. The predicted molar refractivity (Wildman–Crippen MR) is 247 cm³/mol. The van der Waals surface area contributed by atoms with Gasteiger partial charge in [0.2, 0.25) is 0 Å². The minimum atomic E-state index is -0.163. The second kappa shape index (κ2) is 14.9. The van der Waals surface area contributed by atoms with Crippen LogP contribution in [0.3, 0.4) is 0 Å². The molecular weight excluding hydrogens is 932 g/mol. The summed E-state index contributed by atoms with van der Waals surface area (Å²) in [6.45, 7) is 23.4. The fourth-order valence-corrected chi connectivity index (χ4v) is 8.78. The number of ether oxygens (including phenoxy) is 1. The van der Waals surface area contributed by atoms with Crippen LogP contribution in [0.15, 0.2) is 103 Å². The van der Waals surface area contributed by atoms with Crippen LogP contribution in [-0.2, 0) is 50.3 Å². The summed E-state index contributed by atoms with van der Waals surface area (Å²) >= 11 is 0. The molecule has 0 radical (unpaired) electrons. The van der Waals surface area contributed by atoms with Crippen molar-refractivity contribution >= 4 is 55.6 Å². The maximum atomic E-state index is 6.84. The molecule has 61 heavy (non-hydrogen) atoms. The van der Waals surface area contributed by atoms with Gasteiger partial charge < -0.3 is 23.7 Å². The van der Waals surface area contributed by atoms with Crippen LogP contribution in [0.4, 0.5) is 22.7 Å². The first kappa shape index (κ1) is 41.0. The topological polar surface area (TPSA) is 51.4 Å². The van der Waals surface area contributed by atoms with Crippen molar-refractivity contribution in [1.29, 1.82) is 0 Å². The molecule has 0 N–H and O–H groups in total. The smallest absolute Gasteiger partial charge is 0.135 e. The van der Waals surface area contributed by atoms with E-state index in [-0.39, 0.29) is 37.3 Å². The number of fused-ring (bicyclic) bond motifs is 7. The minimum absolute atomic E-state index is 0. The van der Waals surface area contributed by atoms with E-state index in [1.165, 1.54) is 35.3 Å². The first-order valence-electron chi connectivity index (χ1n) is 21.4. The zero-order valence-electron chi connectivity index (χ0n) is 36.6. The summed E-state index contributed by atoms with van der Waals surface area (Å²) in [5.74, 6) is 3.28. The normalized spacial score (nSPS) is 14.4. The van der Waals surface area contributed by atoms with Gasteiger partial charge in [-0.1, -0.05) is 98.2 Å². The molecule has 314 valence electrons. The van der Waals surface area contributed by atoms with Gasteiger partial charge in [-0.05, 0) is 88.1 Å². The van der Waals surface area contributed by atoms with Crippen molar-refractivity contribution in [1.82, 2.24) is 19.1 Å². The number of para-hydroxylation sites is 1. The minimum Gasteiger partial charge on any atom is -0.509 e. The molecule has 0 spiro atoms. The summed E-state index contributed by atoms with van der Waals surface area (Å²) in [4.78, 5) is 14.6. The van der Waals surface area contributed by atoms with E-state index in [2.05, 4.69) is 191 Å². The van der Waals surface area contributed by atoms with Crippen LogP contribution in [-0.4, -0.2) is 19.1 Å². The summed E-state index contributed by atoms with van der Waals surface area (Å²) < 4.78 is 11.5. The van der Waals surface area contributed by atoms with E-state index in [1.54, 1.807) is 0 Å². The molecule has 2 aliphatic heterocycles. The Morgan fingerprint density at radius 3 is 2.13 bits per heavy atom. The second-order valence-electron chi connectivity index (χ2n) is 19.7. The van der Waals surface area contributed by atoms with E-state index in [0.717, 1.165) is 74.4 Å². The van der Waals surface area contributed by atoms with E-state index in [1.807, 2.05) is 12.3 Å². The molecule has 0 saturated heterocycles. The Labute approximate surface area is 374 Å². The number of nitrogens with zero attached hydrogens (tertiary/aromatic N) is 6. The first-order valence-corrected chi connectivity index (χ1v) is 21.4. The number of rotatable bonds is 5. The second-order valence-corrected chi connectivity index (χ2v) is 19.7. The Kier molecular flexibility index (Phi) is 10.0. The molecule has 7 nitrogen and oxygen atoms in total. The number of aryl methyl sites for hydroxylation is 2. The van der Waals surface area contributed by atoms with Crippen molar-refractivity contribution in [2.75, 3.05) is 9.80 Å². The van der Waals surface area contributed by atoms with Crippen molar-refractivity contribution in [3.05, 3.63) is 145 Å². The summed E-state index contributed by atoms with van der Waals surface area (Å²) in [6.07, 6.45) is 5.28. The number of anilines is 4. The van der Waals surface area contributed by atoms with Gasteiger partial charge in [0.05, 0.1) is 11.0 Å². The van der Waals surface area contributed by atoms with Gasteiger partial charge in [0, 0.05) is 74.3 Å². The Bertz CT molecular complexity index is 2960. The number of aromatic nitrogens is 4. The first-order chi connectivity index (χ1) is 28.6. The zero-order valence-corrected chi connectivity index (χ0v) is 38.9. The Morgan fingerprint density at radius 2 is 1.38 bits per heavy atom. The Balaban J connectivity index is 0.00000476. The molecule has 0 bridgehead atoms. The van der Waals surface area contributed by atoms with Gasteiger partial charge in [-0.3, -0.25) is 0 Å². The van der Waals surface area contributed by atoms with Gasteiger partial charge in [0.25, 0.3) is 0 Å². The maximum absolute atomic E-state index is 6.84. The SMILES string of the molecule is CC(C)(C)c1ccc(N2[CH-]N(c3[c-]c(Oc4[c-]c5c(cc4)c4ccccc4n5-c4cc(C(C)(C)C)ccn4)cc(C(C)(C)C)c3)c3cc4nc5n(c4cc32)CCCC5)cc1.[Pt]. The summed E-state index contributed by atoms with van der Waals surface area (Å²) in [5, 5.41) is 2.25. The Morgan fingerprint density at radius 1 is 0.639 bits per heavy atom. The van der Waals surface area contributed by atoms with Crippen LogP contribution < -0.4 is 14.5 Å². The van der Waals surface area contributed by atoms with Gasteiger partial charge in [-0.15, -0.1) is 53.6 Å². The summed E-state index contributed by atoms with van der Waals surface area (Å²) in [6, 6.07) is 42.3. The fraction of sp³-hybridized carbons (Fsp3) is 0.302. The third kappa shape index (κ3) is 7.33. The Hall–Kier alpha value is -5.39. The van der Waals surface area contributed by atoms with Crippen LogP contribution in [0.1, 0.15) is 97.7 Å². The van der Waals surface area contributed by atoms with Crippen molar-refractivity contribution < 1.29 is 25.8 Å². The fourth-order valence-electron chi connectivity index (χ4n) is 8.78. The molecule has 10 rings (SSSR count). The number of hydrogen-bond acceptors (Lipinski definition) is 5. The van der Waals surface area contributed by atoms with Crippen molar-refractivity contribution in [3.8, 4) is 17.3 Å². The molecule has 0 fully saturated rings. The molecular formula is C53H53N6OPt-3. The van der Waals surface area contributed by atoms with Gasteiger partial charge in [-0.2, -0.15) is 6.07 Å². The van der Waals surface area contributed by atoms with Crippen LogP contribution in [0, 0.1) is 18.8 Å². The van der Waals surface area contributed by atoms with Gasteiger partial charge >= 0.3 is 0 Å². The molecule has 8 aromatic rings. The zero-order chi connectivity index (χ0) is 41.7. The largest absolute Gasteiger partial charge is 0.509 e. The van der Waals surface area contributed by atoms with Crippen molar-refractivity contribution in [3.63, 3.8) is 0 Å². The monoisotopic (exact) mass is 984 g/mol. The number of imidazole rings is 1. The number of benzene rings is 5. The molecule has 0 amide bonds. The van der Waals surface area contributed by atoms with E-state index in [0.29, 0.717) is 11.5 Å². The van der Waals surface area contributed by atoms with Crippen LogP contribution in [0.5, 0.6) is 11.5 Å². The number of hydrogen-bond donors (Lipinski definition) is 0. The number of pyridine rings is 1. The van der Waals surface area contributed by atoms with E-state index < -0.39 is 0 Å². The average molecular weight is 985 g/mol. The van der Waals surface area contributed by atoms with Crippen LogP contribution in [0.2, 0.25) is 0 Å². The molecule has 0 atom stereocenters. The predicted octanol–water partition coefficient (Wildman–Crippen LogP) is 13.6. The average Bonchev–Trinajstić information content (AvgIpc) is 3.88. The molecule has 0 unspecified atom stereocenters. The van der Waals surface area contributed by atoms with Gasteiger partial charge in [0.15, 0.2) is 0 Å². The third-order valence-corrected chi connectivity index (χ3v) is 12.3. The summed E-state index contributed by atoms with van der Waals surface area (Å²) in [5.41, 5.74) is 11.9. The standard InChI is InChI=1S/C53H53N6O.Pt/c1-51(2,3)34-17-19-37(20-18-34)57-33-58(47-31-43-46(32-48(47)57)56-25-13-12-16-49(56)55-43)38-26-36(53(7,8)9)27-40(29-38)60-39-21-22-42-41-14-10-11-15-44(41)59(45(42)30-39)50-28-35(23-24-54-50)52(4,5)6;/h10-11,14-15,17-24,26-28,31-33H,12-13,16,25H2,1-9H3;/q-3;. The third-order valence-electron chi connectivity index (χ3n) is 12.3. The van der Waals surface area contributed by atoms with Gasteiger partial charge in [0.1, 0.15) is 11.6 Å².